The molecule has 1 aromatic carbocycles. The zero-order chi connectivity index (χ0) is 12.8. The first-order chi connectivity index (χ1) is 8.81. The molecule has 0 saturated carbocycles. The Balaban J connectivity index is 1.97. The summed E-state index contributed by atoms with van der Waals surface area (Å²) in [6.45, 7) is 3.74. The second-order valence-electron chi connectivity index (χ2n) is 4.70. The minimum absolute atomic E-state index is 0.488. The van der Waals surface area contributed by atoms with E-state index in [4.69, 9.17) is 5.73 Å². The van der Waals surface area contributed by atoms with Crippen LogP contribution in [-0.4, -0.2) is 16.3 Å². The van der Waals surface area contributed by atoms with Gasteiger partial charge in [-0.25, -0.2) is 0 Å². The highest BCUT2D eigenvalue weighted by Gasteiger charge is 2.10. The van der Waals surface area contributed by atoms with Gasteiger partial charge in [-0.2, -0.15) is 5.10 Å². The van der Waals surface area contributed by atoms with Crippen molar-refractivity contribution in [2.45, 2.75) is 26.3 Å². The monoisotopic (exact) mass is 243 g/mol. The summed E-state index contributed by atoms with van der Waals surface area (Å²) in [7, 11) is 0. The van der Waals surface area contributed by atoms with E-state index in [1.165, 1.54) is 11.1 Å². The number of hydrogen-bond acceptors (Lipinski definition) is 2. The Morgan fingerprint density at radius 2 is 1.89 bits per heavy atom. The Labute approximate surface area is 109 Å². The Morgan fingerprint density at radius 3 is 2.50 bits per heavy atom. The van der Waals surface area contributed by atoms with Gasteiger partial charge in [-0.15, -0.1) is 0 Å². The molecule has 0 radical (unpaired) electrons. The van der Waals surface area contributed by atoms with E-state index in [1.54, 1.807) is 0 Å². The van der Waals surface area contributed by atoms with E-state index in [0.717, 1.165) is 19.4 Å². The van der Waals surface area contributed by atoms with Crippen molar-refractivity contribution in [1.82, 2.24) is 9.78 Å². The van der Waals surface area contributed by atoms with E-state index in [2.05, 4.69) is 42.5 Å². The van der Waals surface area contributed by atoms with Gasteiger partial charge < -0.3 is 5.73 Å². The van der Waals surface area contributed by atoms with Crippen molar-refractivity contribution in [2.75, 3.05) is 6.54 Å². The highest BCUT2D eigenvalue weighted by atomic mass is 15.3. The molecule has 2 aromatic rings. The number of rotatable bonds is 6. The van der Waals surface area contributed by atoms with E-state index in [1.807, 2.05) is 16.9 Å². The summed E-state index contributed by atoms with van der Waals surface area (Å²) in [5.41, 5.74) is 8.52. The van der Waals surface area contributed by atoms with Crippen LogP contribution in [0.1, 0.15) is 18.1 Å². The smallest absolute Gasteiger partial charge is 0.0521 e. The first kappa shape index (κ1) is 12.8. The van der Waals surface area contributed by atoms with Gasteiger partial charge in [-0.1, -0.05) is 30.3 Å². The van der Waals surface area contributed by atoms with Gasteiger partial charge in [0.05, 0.1) is 6.20 Å². The fraction of sp³-hybridized carbons (Fsp3) is 0.400. The molecule has 0 aliphatic rings. The van der Waals surface area contributed by atoms with E-state index < -0.39 is 0 Å². The number of aromatic nitrogens is 2. The fourth-order valence-corrected chi connectivity index (χ4v) is 2.20. The average molecular weight is 243 g/mol. The molecule has 1 atom stereocenters. The molecular formula is C15H21N3. The summed E-state index contributed by atoms with van der Waals surface area (Å²) in [5.74, 6) is 0.488. The molecule has 0 aliphatic heterocycles. The Morgan fingerprint density at radius 1 is 1.17 bits per heavy atom. The van der Waals surface area contributed by atoms with E-state index in [9.17, 15) is 0 Å². The summed E-state index contributed by atoms with van der Waals surface area (Å²) in [5, 5.41) is 4.30. The molecule has 3 nitrogen and oxygen atoms in total. The molecule has 0 fully saturated rings. The lowest BCUT2D eigenvalue weighted by molar-refractivity contribution is 0.533. The maximum absolute atomic E-state index is 5.88. The standard InChI is InChI=1S/C15H21N3/c1-2-18-12-15(11-17-18)9-14(10-16)8-13-6-4-3-5-7-13/h3-7,11-12,14H,2,8-10,16H2,1H3. The maximum Gasteiger partial charge on any atom is 0.0521 e. The zero-order valence-corrected chi connectivity index (χ0v) is 10.9. The first-order valence-corrected chi connectivity index (χ1v) is 6.57. The lowest BCUT2D eigenvalue weighted by Gasteiger charge is -2.13. The molecule has 3 heteroatoms. The molecule has 96 valence electrons. The summed E-state index contributed by atoms with van der Waals surface area (Å²) in [6, 6.07) is 10.5. The SMILES string of the molecule is CCn1cc(CC(CN)Cc2ccccc2)cn1. The predicted octanol–water partition coefficient (Wildman–Crippen LogP) is 2.26. The van der Waals surface area contributed by atoms with Crippen LogP contribution in [0.4, 0.5) is 0 Å². The zero-order valence-electron chi connectivity index (χ0n) is 10.9. The van der Waals surface area contributed by atoms with Crippen LogP contribution >= 0.6 is 0 Å². The van der Waals surface area contributed by atoms with Gasteiger partial charge in [0.2, 0.25) is 0 Å². The number of benzene rings is 1. The average Bonchev–Trinajstić information content (AvgIpc) is 2.87. The van der Waals surface area contributed by atoms with Crippen LogP contribution in [0, 0.1) is 5.92 Å². The molecule has 1 heterocycles. The summed E-state index contributed by atoms with van der Waals surface area (Å²) < 4.78 is 1.96. The summed E-state index contributed by atoms with van der Waals surface area (Å²) in [6.07, 6.45) is 6.12. The van der Waals surface area contributed by atoms with Gasteiger partial charge in [-0.3, -0.25) is 4.68 Å². The third kappa shape index (κ3) is 3.44. The summed E-state index contributed by atoms with van der Waals surface area (Å²) >= 11 is 0. The molecule has 1 aromatic heterocycles. The summed E-state index contributed by atoms with van der Waals surface area (Å²) in [4.78, 5) is 0. The van der Waals surface area contributed by atoms with Crippen molar-refractivity contribution in [3.05, 3.63) is 53.9 Å². The minimum atomic E-state index is 0.488. The van der Waals surface area contributed by atoms with Crippen LogP contribution in [0.25, 0.3) is 0 Å². The highest BCUT2D eigenvalue weighted by Crippen LogP contribution is 2.13. The van der Waals surface area contributed by atoms with Crippen LogP contribution in [0.2, 0.25) is 0 Å². The normalized spacial score (nSPS) is 12.6. The van der Waals surface area contributed by atoms with E-state index in [-0.39, 0.29) is 0 Å². The number of aryl methyl sites for hydroxylation is 1. The maximum atomic E-state index is 5.88. The first-order valence-electron chi connectivity index (χ1n) is 6.57. The van der Waals surface area contributed by atoms with Crippen LogP contribution in [-0.2, 0) is 19.4 Å². The Hall–Kier alpha value is -1.61. The molecule has 18 heavy (non-hydrogen) atoms. The van der Waals surface area contributed by atoms with Crippen LogP contribution in [0.15, 0.2) is 42.7 Å². The molecule has 0 bridgehead atoms. The molecule has 0 aliphatic carbocycles. The van der Waals surface area contributed by atoms with Crippen LogP contribution < -0.4 is 5.73 Å². The number of hydrogen-bond donors (Lipinski definition) is 1. The van der Waals surface area contributed by atoms with Gasteiger partial charge >= 0.3 is 0 Å². The van der Waals surface area contributed by atoms with Crippen molar-refractivity contribution >= 4 is 0 Å². The lowest BCUT2D eigenvalue weighted by atomic mass is 9.94. The van der Waals surface area contributed by atoms with Gasteiger partial charge in [-0.05, 0) is 43.4 Å². The van der Waals surface area contributed by atoms with Crippen molar-refractivity contribution in [1.29, 1.82) is 0 Å². The quantitative estimate of drug-likeness (QED) is 0.845. The Kier molecular flexibility index (Phi) is 4.53. The molecule has 0 spiro atoms. The van der Waals surface area contributed by atoms with E-state index in [0.29, 0.717) is 12.5 Å². The molecule has 0 saturated heterocycles. The van der Waals surface area contributed by atoms with Gasteiger partial charge in [0.15, 0.2) is 0 Å². The lowest BCUT2D eigenvalue weighted by Crippen LogP contribution is -2.19. The van der Waals surface area contributed by atoms with E-state index >= 15 is 0 Å². The third-order valence-corrected chi connectivity index (χ3v) is 3.24. The van der Waals surface area contributed by atoms with Crippen LogP contribution in [0.3, 0.4) is 0 Å². The number of nitrogens with two attached hydrogens (primary N) is 1. The van der Waals surface area contributed by atoms with Crippen molar-refractivity contribution in [2.24, 2.45) is 11.7 Å². The third-order valence-electron chi connectivity index (χ3n) is 3.24. The fourth-order valence-electron chi connectivity index (χ4n) is 2.20. The van der Waals surface area contributed by atoms with Crippen LogP contribution in [0.5, 0.6) is 0 Å². The predicted molar refractivity (Wildman–Crippen MR) is 74.3 cm³/mol. The topological polar surface area (TPSA) is 43.8 Å². The molecular weight excluding hydrogens is 222 g/mol. The highest BCUT2D eigenvalue weighted by molar-refractivity contribution is 5.16. The minimum Gasteiger partial charge on any atom is -0.330 e. The van der Waals surface area contributed by atoms with Crippen molar-refractivity contribution in [3.8, 4) is 0 Å². The van der Waals surface area contributed by atoms with Gasteiger partial charge in [0, 0.05) is 12.7 Å². The molecule has 0 amide bonds. The van der Waals surface area contributed by atoms with Gasteiger partial charge in [0.25, 0.3) is 0 Å². The van der Waals surface area contributed by atoms with Crippen molar-refractivity contribution in [3.63, 3.8) is 0 Å². The second kappa shape index (κ2) is 6.36. The molecule has 2 N–H and O–H groups in total. The Bertz CT molecular complexity index is 462. The molecule has 2 rings (SSSR count). The largest absolute Gasteiger partial charge is 0.330 e. The second-order valence-corrected chi connectivity index (χ2v) is 4.70. The van der Waals surface area contributed by atoms with Gasteiger partial charge in [0.1, 0.15) is 0 Å². The van der Waals surface area contributed by atoms with Crippen molar-refractivity contribution < 1.29 is 0 Å². The molecule has 1 unspecified atom stereocenters. The number of nitrogens with zero attached hydrogens (tertiary/aromatic N) is 2.